The van der Waals surface area contributed by atoms with Gasteiger partial charge >= 0.3 is 0 Å². The molecule has 0 saturated carbocycles. The number of carbonyl (C=O) groups excluding carboxylic acids is 1. The summed E-state index contributed by atoms with van der Waals surface area (Å²) in [5.74, 6) is -0.403. The van der Waals surface area contributed by atoms with Gasteiger partial charge in [0.05, 0.1) is 7.11 Å². The maximum absolute atomic E-state index is 12.3. The molecule has 4 heteroatoms. The van der Waals surface area contributed by atoms with Crippen molar-refractivity contribution in [2.45, 2.75) is 0 Å². The molecular formula is C16H14O4. The Kier molecular flexibility index (Phi) is 3.75. The van der Waals surface area contributed by atoms with E-state index in [1.165, 1.54) is 18.2 Å². The standard InChI is InChI=1S/C16H14O4/c1-10(11-6-8-12(20-2)9-7-11)16(19)15-13(17)4-3-5-14(15)18/h3-9,17-18H,1H2,2H3. The number of rotatable bonds is 4. The van der Waals surface area contributed by atoms with E-state index < -0.39 is 5.78 Å². The second-order valence-corrected chi connectivity index (χ2v) is 4.21. The largest absolute Gasteiger partial charge is 0.507 e. The van der Waals surface area contributed by atoms with Crippen LogP contribution in [0.15, 0.2) is 49.0 Å². The van der Waals surface area contributed by atoms with Crippen LogP contribution in [0.5, 0.6) is 17.2 Å². The fraction of sp³-hybridized carbons (Fsp3) is 0.0625. The normalized spacial score (nSPS) is 10.1. The highest BCUT2D eigenvalue weighted by Gasteiger charge is 2.19. The van der Waals surface area contributed by atoms with Crippen molar-refractivity contribution in [2.75, 3.05) is 7.11 Å². The summed E-state index contributed by atoms with van der Waals surface area (Å²) in [4.78, 5) is 12.3. The lowest BCUT2D eigenvalue weighted by Gasteiger charge is -2.09. The number of Topliss-reactive ketones (excluding diaryl/α,β-unsaturated/α-hetero) is 1. The first-order valence-corrected chi connectivity index (χ1v) is 5.93. The Bertz CT molecular complexity index is 636. The topological polar surface area (TPSA) is 66.8 Å². The van der Waals surface area contributed by atoms with Crippen LogP contribution in [0.4, 0.5) is 0 Å². The Hall–Kier alpha value is -2.75. The zero-order chi connectivity index (χ0) is 14.7. The smallest absolute Gasteiger partial charge is 0.200 e. The van der Waals surface area contributed by atoms with Gasteiger partial charge in [-0.15, -0.1) is 0 Å². The van der Waals surface area contributed by atoms with Crippen LogP contribution in [-0.2, 0) is 0 Å². The van der Waals surface area contributed by atoms with Gasteiger partial charge in [0.2, 0.25) is 5.78 Å². The van der Waals surface area contributed by atoms with Crippen LogP contribution in [0.25, 0.3) is 5.57 Å². The third kappa shape index (κ3) is 2.49. The zero-order valence-electron chi connectivity index (χ0n) is 11.0. The minimum absolute atomic E-state index is 0.145. The first-order chi connectivity index (χ1) is 9.54. The summed E-state index contributed by atoms with van der Waals surface area (Å²) in [7, 11) is 1.55. The van der Waals surface area contributed by atoms with Crippen molar-refractivity contribution < 1.29 is 19.7 Å². The predicted octanol–water partition coefficient (Wildman–Crippen LogP) is 3.00. The third-order valence-corrected chi connectivity index (χ3v) is 2.96. The van der Waals surface area contributed by atoms with Gasteiger partial charge in [0.15, 0.2) is 0 Å². The van der Waals surface area contributed by atoms with Gasteiger partial charge in [0, 0.05) is 5.57 Å². The molecule has 0 fully saturated rings. The molecule has 0 aliphatic heterocycles. The second kappa shape index (κ2) is 5.48. The van der Waals surface area contributed by atoms with Gasteiger partial charge in [0.25, 0.3) is 0 Å². The van der Waals surface area contributed by atoms with Crippen LogP contribution in [-0.4, -0.2) is 23.1 Å². The summed E-state index contributed by atoms with van der Waals surface area (Å²) >= 11 is 0. The molecule has 20 heavy (non-hydrogen) atoms. The van der Waals surface area contributed by atoms with Gasteiger partial charge in [-0.2, -0.15) is 0 Å². The number of ketones is 1. The summed E-state index contributed by atoms with van der Waals surface area (Å²) in [6.07, 6.45) is 0. The minimum Gasteiger partial charge on any atom is -0.507 e. The van der Waals surface area contributed by atoms with E-state index in [9.17, 15) is 15.0 Å². The fourth-order valence-electron chi connectivity index (χ4n) is 1.84. The summed E-state index contributed by atoms with van der Waals surface area (Å²) in [5, 5.41) is 19.4. The number of aromatic hydroxyl groups is 2. The Morgan fingerprint density at radius 3 is 2.10 bits per heavy atom. The first kappa shape index (κ1) is 13.7. The van der Waals surface area contributed by atoms with E-state index in [1.54, 1.807) is 31.4 Å². The number of hydrogen-bond acceptors (Lipinski definition) is 4. The van der Waals surface area contributed by atoms with Gasteiger partial charge in [-0.1, -0.05) is 24.8 Å². The van der Waals surface area contributed by atoms with Gasteiger partial charge in [-0.25, -0.2) is 0 Å². The molecule has 0 atom stereocenters. The van der Waals surface area contributed by atoms with Crippen molar-refractivity contribution in [3.05, 3.63) is 60.2 Å². The van der Waals surface area contributed by atoms with E-state index in [0.29, 0.717) is 11.3 Å². The number of carbonyl (C=O) groups is 1. The molecule has 2 N–H and O–H groups in total. The van der Waals surface area contributed by atoms with Crippen LogP contribution in [0.2, 0.25) is 0 Å². The zero-order valence-corrected chi connectivity index (χ0v) is 11.0. The van der Waals surface area contributed by atoms with E-state index in [2.05, 4.69) is 6.58 Å². The van der Waals surface area contributed by atoms with E-state index in [0.717, 1.165) is 0 Å². The molecule has 2 rings (SSSR count). The van der Waals surface area contributed by atoms with Gasteiger partial charge in [-0.3, -0.25) is 4.79 Å². The maximum Gasteiger partial charge on any atom is 0.200 e. The molecule has 4 nitrogen and oxygen atoms in total. The van der Waals surface area contributed by atoms with Crippen molar-refractivity contribution in [3.8, 4) is 17.2 Å². The average molecular weight is 270 g/mol. The summed E-state index contributed by atoms with van der Waals surface area (Å²) in [5.41, 5.74) is 0.635. The summed E-state index contributed by atoms with van der Waals surface area (Å²) < 4.78 is 5.04. The van der Waals surface area contributed by atoms with Gasteiger partial charge in [0.1, 0.15) is 22.8 Å². The SMILES string of the molecule is C=C(C(=O)c1c(O)cccc1O)c1ccc(OC)cc1. The highest BCUT2D eigenvalue weighted by molar-refractivity contribution is 6.30. The molecule has 0 bridgehead atoms. The highest BCUT2D eigenvalue weighted by Crippen LogP contribution is 2.31. The molecule has 0 aliphatic rings. The first-order valence-electron chi connectivity index (χ1n) is 5.93. The van der Waals surface area contributed by atoms with Crippen LogP contribution >= 0.6 is 0 Å². The van der Waals surface area contributed by atoms with Crippen LogP contribution in [0, 0.1) is 0 Å². The van der Waals surface area contributed by atoms with Gasteiger partial charge < -0.3 is 14.9 Å². The Balaban J connectivity index is 2.35. The molecule has 2 aromatic carbocycles. The van der Waals surface area contributed by atoms with Gasteiger partial charge in [-0.05, 0) is 29.8 Å². The minimum atomic E-state index is -0.522. The number of phenolic OH excluding ortho intramolecular Hbond substituents is 2. The quantitative estimate of drug-likeness (QED) is 0.662. The van der Waals surface area contributed by atoms with Crippen LogP contribution in [0.1, 0.15) is 15.9 Å². The molecule has 2 aromatic rings. The molecule has 0 saturated heterocycles. The van der Waals surface area contributed by atoms with E-state index in [4.69, 9.17) is 4.74 Å². The van der Waals surface area contributed by atoms with E-state index in [-0.39, 0.29) is 22.6 Å². The highest BCUT2D eigenvalue weighted by atomic mass is 16.5. The number of ether oxygens (including phenoxy) is 1. The lowest BCUT2D eigenvalue weighted by molar-refractivity contribution is 0.105. The molecule has 0 radical (unpaired) electrons. The predicted molar refractivity (Wildman–Crippen MR) is 76.1 cm³/mol. The fourth-order valence-corrected chi connectivity index (χ4v) is 1.84. The van der Waals surface area contributed by atoms with Crippen molar-refractivity contribution in [3.63, 3.8) is 0 Å². The van der Waals surface area contributed by atoms with Crippen molar-refractivity contribution in [2.24, 2.45) is 0 Å². The molecule has 0 amide bonds. The maximum atomic E-state index is 12.3. The third-order valence-electron chi connectivity index (χ3n) is 2.96. The molecule has 0 aliphatic carbocycles. The number of benzene rings is 2. The monoisotopic (exact) mass is 270 g/mol. The number of phenols is 2. The van der Waals surface area contributed by atoms with Crippen molar-refractivity contribution in [1.29, 1.82) is 0 Å². The lowest BCUT2D eigenvalue weighted by Crippen LogP contribution is -2.02. The van der Waals surface area contributed by atoms with Crippen LogP contribution < -0.4 is 4.74 Å². The molecule has 0 spiro atoms. The second-order valence-electron chi connectivity index (χ2n) is 4.21. The van der Waals surface area contributed by atoms with Crippen LogP contribution in [0.3, 0.4) is 0 Å². The number of methoxy groups -OCH3 is 1. The Morgan fingerprint density at radius 1 is 1.05 bits per heavy atom. The molecule has 0 aromatic heterocycles. The lowest BCUT2D eigenvalue weighted by atomic mass is 9.97. The van der Waals surface area contributed by atoms with Crippen molar-refractivity contribution in [1.82, 2.24) is 0 Å². The van der Waals surface area contributed by atoms with E-state index in [1.807, 2.05) is 0 Å². The molecular weight excluding hydrogens is 256 g/mol. The number of allylic oxidation sites excluding steroid dienone is 1. The molecule has 0 heterocycles. The Morgan fingerprint density at radius 2 is 1.60 bits per heavy atom. The molecule has 102 valence electrons. The molecule has 0 unspecified atom stereocenters. The number of hydrogen-bond donors (Lipinski definition) is 2. The van der Waals surface area contributed by atoms with E-state index >= 15 is 0 Å². The average Bonchev–Trinajstić information content (AvgIpc) is 2.46. The summed E-state index contributed by atoms with van der Waals surface area (Å²) in [6.45, 7) is 3.73. The van der Waals surface area contributed by atoms with Crippen molar-refractivity contribution >= 4 is 11.4 Å². The Labute approximate surface area is 116 Å². The summed E-state index contributed by atoms with van der Waals surface area (Å²) in [6, 6.07) is 10.9.